The number of hydrogen-bond donors (Lipinski definition) is 1. The molecule has 1 N–H and O–H groups in total. The average Bonchev–Trinajstić information content (AvgIpc) is 2.65. The minimum Gasteiger partial charge on any atom is -0.355 e. The summed E-state index contributed by atoms with van der Waals surface area (Å²) < 4.78 is 26.9. The monoisotopic (exact) mass is 239 g/mol. The largest absolute Gasteiger partial charge is 0.355 e. The van der Waals surface area contributed by atoms with Crippen molar-refractivity contribution in [2.75, 3.05) is 7.05 Å². The van der Waals surface area contributed by atoms with Crippen LogP contribution in [0.15, 0.2) is 18.2 Å². The van der Waals surface area contributed by atoms with E-state index >= 15 is 0 Å². The van der Waals surface area contributed by atoms with Gasteiger partial charge in [0.05, 0.1) is 5.52 Å². The van der Waals surface area contributed by atoms with E-state index in [0.29, 0.717) is 16.5 Å². The van der Waals surface area contributed by atoms with Crippen molar-refractivity contribution in [3.63, 3.8) is 0 Å². The van der Waals surface area contributed by atoms with Gasteiger partial charge in [0.15, 0.2) is 0 Å². The van der Waals surface area contributed by atoms with Gasteiger partial charge in [0, 0.05) is 25.0 Å². The van der Waals surface area contributed by atoms with E-state index in [1.54, 1.807) is 19.2 Å². The van der Waals surface area contributed by atoms with E-state index in [1.807, 2.05) is 0 Å². The second-order valence-electron chi connectivity index (χ2n) is 3.62. The van der Waals surface area contributed by atoms with Crippen LogP contribution in [0.1, 0.15) is 22.5 Å². The number of amides is 1. The summed E-state index contributed by atoms with van der Waals surface area (Å²) in [4.78, 5) is 11.4. The molecule has 2 aromatic rings. The van der Waals surface area contributed by atoms with Gasteiger partial charge in [-0.3, -0.25) is 9.48 Å². The lowest BCUT2D eigenvalue weighted by Gasteiger charge is -2.00. The van der Waals surface area contributed by atoms with Crippen molar-refractivity contribution in [1.29, 1.82) is 0 Å². The van der Waals surface area contributed by atoms with Crippen LogP contribution in [0.5, 0.6) is 0 Å². The third-order valence-corrected chi connectivity index (χ3v) is 2.57. The Labute approximate surface area is 96.2 Å². The van der Waals surface area contributed by atoms with E-state index in [2.05, 4.69) is 10.4 Å². The fourth-order valence-electron chi connectivity index (χ4n) is 1.74. The number of carbonyl (C=O) groups excluding carboxylic acids is 1. The summed E-state index contributed by atoms with van der Waals surface area (Å²) in [6.07, 6.45) is -2.65. The molecule has 0 saturated carbocycles. The molecule has 1 aromatic carbocycles. The lowest BCUT2D eigenvalue weighted by molar-refractivity contribution is 0.0963. The number of aryl methyl sites for hydroxylation is 1. The van der Waals surface area contributed by atoms with Gasteiger partial charge in [-0.25, -0.2) is 8.78 Å². The number of benzene rings is 1. The summed E-state index contributed by atoms with van der Waals surface area (Å²) in [5, 5.41) is 6.51. The van der Waals surface area contributed by atoms with Gasteiger partial charge in [0.25, 0.3) is 12.3 Å². The molecule has 1 heterocycles. The van der Waals surface area contributed by atoms with Crippen LogP contribution < -0.4 is 5.32 Å². The number of nitrogens with one attached hydrogen (secondary N) is 1. The summed E-state index contributed by atoms with van der Waals surface area (Å²) in [7, 11) is 3.08. The Hall–Kier alpha value is -1.98. The molecule has 1 amide bonds. The number of halogens is 2. The van der Waals surface area contributed by atoms with Crippen LogP contribution in [-0.2, 0) is 7.05 Å². The summed E-state index contributed by atoms with van der Waals surface area (Å²) in [6.45, 7) is 0. The molecule has 0 aliphatic heterocycles. The van der Waals surface area contributed by atoms with Crippen molar-refractivity contribution in [3.05, 3.63) is 29.5 Å². The van der Waals surface area contributed by atoms with Gasteiger partial charge in [-0.05, 0) is 18.2 Å². The van der Waals surface area contributed by atoms with Gasteiger partial charge in [0.2, 0.25) is 0 Å². The highest BCUT2D eigenvalue weighted by molar-refractivity contribution is 5.98. The normalized spacial score (nSPS) is 11.1. The third-order valence-electron chi connectivity index (χ3n) is 2.57. The zero-order valence-electron chi connectivity index (χ0n) is 9.37. The number of nitrogens with zero attached hydrogens (tertiary/aromatic N) is 2. The van der Waals surface area contributed by atoms with Crippen molar-refractivity contribution < 1.29 is 13.6 Å². The Balaban J connectivity index is 2.66. The highest BCUT2D eigenvalue weighted by Gasteiger charge is 2.18. The molecule has 0 atom stereocenters. The number of hydrogen-bond acceptors (Lipinski definition) is 2. The van der Waals surface area contributed by atoms with Crippen molar-refractivity contribution in [2.24, 2.45) is 7.05 Å². The Morgan fingerprint density at radius 3 is 2.76 bits per heavy atom. The number of carbonyl (C=O) groups is 1. The lowest BCUT2D eigenvalue weighted by Crippen LogP contribution is -2.17. The van der Waals surface area contributed by atoms with Gasteiger partial charge >= 0.3 is 0 Å². The number of rotatable bonds is 2. The molecule has 17 heavy (non-hydrogen) atoms. The molecular formula is C11H11F2N3O. The topological polar surface area (TPSA) is 46.9 Å². The molecule has 0 aliphatic carbocycles. The van der Waals surface area contributed by atoms with Gasteiger partial charge in [-0.2, -0.15) is 5.10 Å². The molecule has 6 heteroatoms. The maximum Gasteiger partial charge on any atom is 0.282 e. The lowest BCUT2D eigenvalue weighted by atomic mass is 10.1. The van der Waals surface area contributed by atoms with E-state index in [0.717, 1.165) is 0 Å². The third kappa shape index (κ3) is 1.86. The van der Waals surface area contributed by atoms with E-state index in [4.69, 9.17) is 0 Å². The second-order valence-corrected chi connectivity index (χ2v) is 3.62. The van der Waals surface area contributed by atoms with Crippen LogP contribution in [0, 0.1) is 0 Å². The van der Waals surface area contributed by atoms with Crippen LogP contribution in [0.3, 0.4) is 0 Å². The zero-order valence-corrected chi connectivity index (χ0v) is 9.37. The molecule has 2 rings (SSSR count). The number of aromatic nitrogens is 2. The maximum atomic E-state index is 12.7. The molecule has 4 nitrogen and oxygen atoms in total. The fourth-order valence-corrected chi connectivity index (χ4v) is 1.74. The maximum absolute atomic E-state index is 12.7. The van der Waals surface area contributed by atoms with Crippen molar-refractivity contribution >= 4 is 16.8 Å². The molecule has 0 radical (unpaired) electrons. The molecular weight excluding hydrogens is 228 g/mol. The highest BCUT2D eigenvalue weighted by Crippen LogP contribution is 2.27. The SMILES string of the molecule is CNC(=O)c1ccc2c(c1)c(C(F)F)nn2C. The zero-order chi connectivity index (χ0) is 12.6. The van der Waals surface area contributed by atoms with E-state index < -0.39 is 6.43 Å². The van der Waals surface area contributed by atoms with Gasteiger partial charge in [-0.15, -0.1) is 0 Å². The molecule has 0 aliphatic rings. The Morgan fingerprint density at radius 1 is 1.47 bits per heavy atom. The van der Waals surface area contributed by atoms with Crippen LogP contribution in [0.4, 0.5) is 8.78 Å². The van der Waals surface area contributed by atoms with Crippen molar-refractivity contribution in [2.45, 2.75) is 6.43 Å². The first-order chi connectivity index (χ1) is 8.04. The molecule has 1 aromatic heterocycles. The minimum absolute atomic E-state index is 0.298. The predicted molar refractivity (Wildman–Crippen MR) is 59.1 cm³/mol. The molecule has 0 spiro atoms. The highest BCUT2D eigenvalue weighted by atomic mass is 19.3. The first kappa shape index (κ1) is 11.5. The fraction of sp³-hybridized carbons (Fsp3) is 0.273. The molecule has 0 bridgehead atoms. The molecule has 90 valence electrons. The van der Waals surface area contributed by atoms with Crippen LogP contribution >= 0.6 is 0 Å². The second kappa shape index (κ2) is 4.12. The Bertz CT molecular complexity index is 577. The predicted octanol–water partition coefficient (Wildman–Crippen LogP) is 1.87. The smallest absolute Gasteiger partial charge is 0.282 e. The van der Waals surface area contributed by atoms with Gasteiger partial charge in [-0.1, -0.05) is 0 Å². The van der Waals surface area contributed by atoms with Crippen molar-refractivity contribution in [1.82, 2.24) is 15.1 Å². The molecule has 0 fully saturated rings. The standard InChI is InChI=1S/C11H11F2N3O/c1-14-11(17)6-3-4-8-7(5-6)9(10(12)13)15-16(8)2/h3-5,10H,1-2H3,(H,14,17). The Kier molecular flexibility index (Phi) is 2.79. The number of fused-ring (bicyclic) bond motifs is 1. The quantitative estimate of drug-likeness (QED) is 0.869. The summed E-state index contributed by atoms with van der Waals surface area (Å²) in [5.41, 5.74) is 0.621. The number of alkyl halides is 2. The Morgan fingerprint density at radius 2 is 2.18 bits per heavy atom. The van der Waals surface area contributed by atoms with E-state index in [1.165, 1.54) is 17.8 Å². The van der Waals surface area contributed by atoms with Crippen LogP contribution in [-0.4, -0.2) is 22.7 Å². The molecule has 0 saturated heterocycles. The van der Waals surface area contributed by atoms with Gasteiger partial charge < -0.3 is 5.32 Å². The molecule has 0 unspecified atom stereocenters. The summed E-state index contributed by atoms with van der Waals surface area (Å²) in [5.74, 6) is -0.309. The summed E-state index contributed by atoms with van der Waals surface area (Å²) in [6, 6.07) is 4.62. The van der Waals surface area contributed by atoms with Crippen LogP contribution in [0.25, 0.3) is 10.9 Å². The first-order valence-electron chi connectivity index (χ1n) is 5.01. The first-order valence-corrected chi connectivity index (χ1v) is 5.01. The van der Waals surface area contributed by atoms with E-state index in [9.17, 15) is 13.6 Å². The van der Waals surface area contributed by atoms with Crippen molar-refractivity contribution in [3.8, 4) is 0 Å². The minimum atomic E-state index is -2.65. The summed E-state index contributed by atoms with van der Waals surface area (Å²) >= 11 is 0. The average molecular weight is 239 g/mol. The van der Waals surface area contributed by atoms with Gasteiger partial charge in [0.1, 0.15) is 5.69 Å². The van der Waals surface area contributed by atoms with E-state index in [-0.39, 0.29) is 11.6 Å². The van der Waals surface area contributed by atoms with Crippen LogP contribution in [0.2, 0.25) is 0 Å².